The van der Waals surface area contributed by atoms with Crippen molar-refractivity contribution in [2.75, 3.05) is 0 Å². The number of aliphatic hydroxyl groups excluding tert-OH is 2. The van der Waals surface area contributed by atoms with Gasteiger partial charge in [-0.1, -0.05) is 32.0 Å². The van der Waals surface area contributed by atoms with Crippen LogP contribution in [-0.2, 0) is 4.74 Å². The van der Waals surface area contributed by atoms with E-state index >= 15 is 0 Å². The molecule has 2 rings (SSSR count). The summed E-state index contributed by atoms with van der Waals surface area (Å²) in [7, 11) is 0. The molecule has 2 N–H and O–H groups in total. The third-order valence-electron chi connectivity index (χ3n) is 3.08. The topological polar surface area (TPSA) is 62.1 Å². The number of nitrogens with zero attached hydrogens (tertiary/aromatic N) is 1. The molecule has 0 amide bonds. The van der Waals surface area contributed by atoms with E-state index < -0.39 is 12.2 Å². The second kappa shape index (κ2) is 5.04. The minimum Gasteiger partial charge on any atom is -0.388 e. The van der Waals surface area contributed by atoms with E-state index in [9.17, 15) is 10.2 Å². The molecule has 1 saturated heterocycles. The lowest BCUT2D eigenvalue weighted by Crippen LogP contribution is -2.54. The van der Waals surface area contributed by atoms with Crippen molar-refractivity contribution in [3.8, 4) is 0 Å². The highest BCUT2D eigenvalue weighted by atomic mass is 32.2. The van der Waals surface area contributed by atoms with Gasteiger partial charge in [0.1, 0.15) is 23.7 Å². The van der Waals surface area contributed by atoms with Crippen LogP contribution in [0.4, 0.5) is 0 Å². The highest BCUT2D eigenvalue weighted by Crippen LogP contribution is 2.38. The van der Waals surface area contributed by atoms with E-state index in [0.717, 1.165) is 17.9 Å². The van der Waals surface area contributed by atoms with Gasteiger partial charge in [-0.15, -0.1) is 0 Å². The lowest BCUT2D eigenvalue weighted by molar-refractivity contribution is -0.153. The van der Waals surface area contributed by atoms with Crippen LogP contribution < -0.4 is 0 Å². The van der Waals surface area contributed by atoms with Crippen LogP contribution in [0.5, 0.6) is 0 Å². The van der Waals surface area contributed by atoms with Crippen LogP contribution >= 0.6 is 11.8 Å². The molecule has 16 heavy (non-hydrogen) atoms. The van der Waals surface area contributed by atoms with Gasteiger partial charge in [0, 0.05) is 0 Å². The van der Waals surface area contributed by atoms with Gasteiger partial charge in [-0.05, 0) is 12.8 Å². The molecule has 2 aliphatic rings. The number of thioether (sulfide) groups is 1. The van der Waals surface area contributed by atoms with Gasteiger partial charge in [0.15, 0.2) is 0 Å². The Hall–Kier alpha value is -0.100. The minimum atomic E-state index is -0.809. The molecule has 0 aromatic heterocycles. The maximum atomic E-state index is 9.98. The summed E-state index contributed by atoms with van der Waals surface area (Å²) in [5.41, 5.74) is -0.107. The monoisotopic (exact) mass is 245 g/mol. The van der Waals surface area contributed by atoms with Crippen LogP contribution in [0, 0.1) is 0 Å². The maximum absolute atomic E-state index is 9.98. The first kappa shape index (κ1) is 12.4. The summed E-state index contributed by atoms with van der Waals surface area (Å²) in [5, 5.41) is 20.9. The van der Waals surface area contributed by atoms with Gasteiger partial charge < -0.3 is 14.9 Å². The van der Waals surface area contributed by atoms with Gasteiger partial charge in [0.05, 0.1) is 11.1 Å². The molecular formula is C11H19NO3S. The van der Waals surface area contributed by atoms with Gasteiger partial charge in [0.2, 0.25) is 0 Å². The molecule has 0 saturated carbocycles. The van der Waals surface area contributed by atoms with Gasteiger partial charge in [-0.25, -0.2) is 0 Å². The van der Waals surface area contributed by atoms with Crippen molar-refractivity contribution in [1.29, 1.82) is 0 Å². The minimum absolute atomic E-state index is 0.107. The number of hydrogen-bond acceptors (Lipinski definition) is 5. The average Bonchev–Trinajstić information content (AvgIpc) is 2.67. The number of fused-ring (bicyclic) bond motifs is 1. The Balaban J connectivity index is 2.08. The molecule has 4 nitrogen and oxygen atoms in total. The third kappa shape index (κ3) is 2.14. The largest absolute Gasteiger partial charge is 0.388 e. The van der Waals surface area contributed by atoms with E-state index in [1.165, 1.54) is 0 Å². The van der Waals surface area contributed by atoms with E-state index in [4.69, 9.17) is 4.74 Å². The summed E-state index contributed by atoms with van der Waals surface area (Å²) in [6, 6.07) is -0.288. The first-order valence-corrected chi connectivity index (χ1v) is 6.80. The predicted molar refractivity (Wildman–Crippen MR) is 64.7 cm³/mol. The number of aliphatic hydroxyl groups is 2. The Bertz CT molecular complexity index is 284. The summed E-state index contributed by atoms with van der Waals surface area (Å²) < 4.78 is 5.76. The van der Waals surface area contributed by atoms with Gasteiger partial charge >= 0.3 is 0 Å². The Kier molecular flexibility index (Phi) is 3.89. The van der Waals surface area contributed by atoms with Crippen molar-refractivity contribution >= 4 is 16.8 Å². The van der Waals surface area contributed by atoms with Crippen molar-refractivity contribution in [3.63, 3.8) is 0 Å². The predicted octanol–water partition coefficient (Wildman–Crippen LogP) is 1.16. The Morgan fingerprint density at radius 1 is 1.31 bits per heavy atom. The molecule has 5 heteroatoms. The lowest BCUT2D eigenvalue weighted by atomic mass is 9.97. The van der Waals surface area contributed by atoms with Crippen molar-refractivity contribution in [1.82, 2.24) is 0 Å². The Morgan fingerprint density at radius 3 is 2.69 bits per heavy atom. The molecule has 0 bridgehead atoms. The summed E-state index contributed by atoms with van der Waals surface area (Å²) >= 11 is 1.60. The standard InChI is InChI=1S/C11H19NO3S/c1-3-5-7-12-8-10(14)9(13)6(4-2)15-11(8)16-7/h6,8-11,13-14H,3-5H2,1-2H3/t6-,8-,9-,10-,11-/m1/s1. The molecule has 2 aliphatic heterocycles. The average molecular weight is 245 g/mol. The van der Waals surface area contributed by atoms with Crippen molar-refractivity contribution < 1.29 is 14.9 Å². The summed E-state index contributed by atoms with van der Waals surface area (Å²) in [6.07, 6.45) is 0.828. The summed E-state index contributed by atoms with van der Waals surface area (Å²) in [6.45, 7) is 4.06. The van der Waals surface area contributed by atoms with E-state index in [1.807, 2.05) is 6.92 Å². The molecule has 2 heterocycles. The first-order chi connectivity index (χ1) is 7.67. The van der Waals surface area contributed by atoms with Crippen LogP contribution in [0.2, 0.25) is 0 Å². The second-order valence-corrected chi connectivity index (χ2v) is 5.49. The SMILES string of the molecule is CCCC1=N[C@@H]2[C@@H](O)[C@H](O)[C@@H](CC)O[C@@H]2S1. The number of rotatable bonds is 3. The Labute approximate surface area is 100 Å². The molecule has 92 valence electrons. The Morgan fingerprint density at radius 2 is 2.06 bits per heavy atom. The fourth-order valence-electron chi connectivity index (χ4n) is 2.16. The summed E-state index contributed by atoms with van der Waals surface area (Å²) in [4.78, 5) is 4.44. The fraction of sp³-hybridized carbons (Fsp3) is 0.909. The highest BCUT2D eigenvalue weighted by molar-refractivity contribution is 8.14. The van der Waals surface area contributed by atoms with Crippen molar-refractivity contribution in [2.24, 2.45) is 4.99 Å². The van der Waals surface area contributed by atoms with Crippen LogP contribution in [0.15, 0.2) is 4.99 Å². The van der Waals surface area contributed by atoms with E-state index in [1.54, 1.807) is 11.8 Å². The van der Waals surface area contributed by atoms with E-state index in [-0.39, 0.29) is 17.6 Å². The van der Waals surface area contributed by atoms with Crippen LogP contribution in [-0.4, -0.2) is 45.0 Å². The number of ether oxygens (including phenoxy) is 1. The van der Waals surface area contributed by atoms with Crippen molar-refractivity contribution in [3.05, 3.63) is 0 Å². The van der Waals surface area contributed by atoms with E-state index in [2.05, 4.69) is 11.9 Å². The van der Waals surface area contributed by atoms with Crippen LogP contribution in [0.25, 0.3) is 0 Å². The first-order valence-electron chi connectivity index (χ1n) is 5.92. The molecule has 0 radical (unpaired) electrons. The summed E-state index contributed by atoms with van der Waals surface area (Å²) in [5.74, 6) is 0. The number of hydrogen-bond donors (Lipinski definition) is 2. The molecule has 0 aromatic carbocycles. The smallest absolute Gasteiger partial charge is 0.134 e. The molecular weight excluding hydrogens is 226 g/mol. The molecule has 5 atom stereocenters. The molecule has 0 aromatic rings. The van der Waals surface area contributed by atoms with Gasteiger partial charge in [-0.2, -0.15) is 0 Å². The number of aliphatic imine (C=N–C) groups is 1. The maximum Gasteiger partial charge on any atom is 0.134 e. The van der Waals surface area contributed by atoms with Crippen LogP contribution in [0.1, 0.15) is 33.1 Å². The quantitative estimate of drug-likeness (QED) is 0.783. The molecule has 1 fully saturated rings. The lowest BCUT2D eigenvalue weighted by Gasteiger charge is -2.38. The molecule has 0 unspecified atom stereocenters. The van der Waals surface area contributed by atoms with Crippen LogP contribution in [0.3, 0.4) is 0 Å². The zero-order chi connectivity index (χ0) is 11.7. The molecule has 0 spiro atoms. The zero-order valence-electron chi connectivity index (χ0n) is 9.67. The van der Waals surface area contributed by atoms with E-state index in [0.29, 0.717) is 6.42 Å². The third-order valence-corrected chi connectivity index (χ3v) is 4.28. The van der Waals surface area contributed by atoms with Gasteiger partial charge in [-0.3, -0.25) is 4.99 Å². The fourth-order valence-corrected chi connectivity index (χ4v) is 3.49. The second-order valence-electron chi connectivity index (χ2n) is 4.31. The van der Waals surface area contributed by atoms with Gasteiger partial charge in [0.25, 0.3) is 0 Å². The normalized spacial score (nSPS) is 43.0. The van der Waals surface area contributed by atoms with Crippen molar-refractivity contribution in [2.45, 2.75) is 62.9 Å². The molecule has 0 aliphatic carbocycles. The zero-order valence-corrected chi connectivity index (χ0v) is 10.5. The highest BCUT2D eigenvalue weighted by Gasteiger charge is 2.47.